The number of halogens is 1. The smallest absolute Gasteiger partial charge is 0.254 e. The number of fused-ring (bicyclic) bond motifs is 1. The Labute approximate surface area is 186 Å². The van der Waals surface area contributed by atoms with Crippen LogP contribution in [-0.4, -0.2) is 35.5 Å². The van der Waals surface area contributed by atoms with E-state index in [0.29, 0.717) is 11.4 Å². The van der Waals surface area contributed by atoms with Crippen LogP contribution < -0.4 is 20.7 Å². The predicted octanol–water partition coefficient (Wildman–Crippen LogP) is 3.80. The minimum Gasteiger partial charge on any atom is -0.495 e. The number of carbonyl (C=O) groups excluding carboxylic acids is 2. The Hall–Kier alpha value is -3.07. The molecule has 3 aromatic rings. The van der Waals surface area contributed by atoms with Gasteiger partial charge in [-0.3, -0.25) is 9.59 Å². The summed E-state index contributed by atoms with van der Waals surface area (Å²) in [6.45, 7) is -2.67. The van der Waals surface area contributed by atoms with Gasteiger partial charge in [-0.1, -0.05) is 0 Å². The molecule has 0 saturated heterocycles. The Morgan fingerprint density at radius 2 is 2.13 bits per heavy atom. The van der Waals surface area contributed by atoms with Crippen molar-refractivity contribution in [1.29, 1.82) is 0 Å². The fourth-order valence-corrected chi connectivity index (χ4v) is 3.81. The van der Waals surface area contributed by atoms with Crippen molar-refractivity contribution in [2.24, 2.45) is 13.0 Å². The fraction of sp³-hybridized carbons (Fsp3) is 0.286. The molecule has 2 aromatic heterocycles. The van der Waals surface area contributed by atoms with E-state index in [1.807, 2.05) is 35.3 Å². The Kier molecular flexibility index (Phi) is 4.44. The highest BCUT2D eigenvalue weighted by atomic mass is 79.9. The molecule has 0 aliphatic heterocycles. The standard InChI is InChI=1S/C21H22BrN5O3/c1-23-21(29)12-9-24-17(26-20(28)11-4-5-11)8-14(12)25-15-10-27(2)16-7-6-13(22)19(30-3)18(15)16/h6-11H,4-5H2,1-3H3,(H,23,29)(H2,24,25,26,28)/i1D3. The Morgan fingerprint density at radius 1 is 1.33 bits per heavy atom. The van der Waals surface area contributed by atoms with E-state index in [4.69, 9.17) is 8.85 Å². The second-order valence-corrected chi connectivity index (χ2v) is 7.94. The minimum absolute atomic E-state index is 0.0153. The van der Waals surface area contributed by atoms with Crippen LogP contribution in [0.3, 0.4) is 0 Å². The first-order chi connectivity index (χ1) is 15.6. The maximum atomic E-state index is 12.7. The maximum absolute atomic E-state index is 12.7. The first kappa shape index (κ1) is 16.7. The van der Waals surface area contributed by atoms with Crippen molar-refractivity contribution in [2.45, 2.75) is 12.8 Å². The Balaban J connectivity index is 1.78. The second kappa shape index (κ2) is 7.98. The number of nitrogens with one attached hydrogen (secondary N) is 3. The predicted molar refractivity (Wildman–Crippen MR) is 119 cm³/mol. The quantitative estimate of drug-likeness (QED) is 0.504. The summed E-state index contributed by atoms with van der Waals surface area (Å²) < 4.78 is 30.3. The van der Waals surface area contributed by atoms with Crippen molar-refractivity contribution in [3.8, 4) is 5.75 Å². The maximum Gasteiger partial charge on any atom is 0.254 e. The van der Waals surface area contributed by atoms with E-state index in [2.05, 4.69) is 31.5 Å². The lowest BCUT2D eigenvalue weighted by molar-refractivity contribution is -0.117. The average Bonchev–Trinajstić information content (AvgIpc) is 3.53. The molecule has 1 aromatic carbocycles. The highest BCUT2D eigenvalue weighted by Gasteiger charge is 2.30. The molecule has 2 heterocycles. The fourth-order valence-electron chi connectivity index (χ4n) is 3.32. The summed E-state index contributed by atoms with van der Waals surface area (Å²) in [5, 5.41) is 8.70. The average molecular weight is 475 g/mol. The molecule has 8 nitrogen and oxygen atoms in total. The normalized spacial score (nSPS) is 15.1. The van der Waals surface area contributed by atoms with Crippen molar-refractivity contribution in [3.05, 3.63) is 40.6 Å². The van der Waals surface area contributed by atoms with Crippen LogP contribution in [0.25, 0.3) is 10.9 Å². The number of aromatic nitrogens is 2. The third-order valence-corrected chi connectivity index (χ3v) is 5.62. The molecule has 0 spiro atoms. The minimum atomic E-state index is -2.67. The molecule has 9 heteroatoms. The van der Waals surface area contributed by atoms with Gasteiger partial charge in [0.2, 0.25) is 5.91 Å². The van der Waals surface area contributed by atoms with Crippen LogP contribution in [0.5, 0.6) is 5.75 Å². The number of aryl methyl sites for hydroxylation is 1. The number of nitrogens with zero attached hydrogens (tertiary/aromatic N) is 2. The molecule has 4 rings (SSSR count). The lowest BCUT2D eigenvalue weighted by Crippen LogP contribution is -2.20. The van der Waals surface area contributed by atoms with Gasteiger partial charge in [-0.15, -0.1) is 0 Å². The van der Waals surface area contributed by atoms with Crippen molar-refractivity contribution < 1.29 is 18.4 Å². The van der Waals surface area contributed by atoms with Crippen molar-refractivity contribution >= 4 is 55.8 Å². The summed E-state index contributed by atoms with van der Waals surface area (Å²) in [7, 11) is 3.43. The van der Waals surface area contributed by atoms with Gasteiger partial charge in [0.15, 0.2) is 0 Å². The highest BCUT2D eigenvalue weighted by Crippen LogP contribution is 2.40. The number of amides is 2. The number of ether oxygens (including phenoxy) is 1. The van der Waals surface area contributed by atoms with Gasteiger partial charge < -0.3 is 25.3 Å². The Morgan fingerprint density at radius 3 is 2.83 bits per heavy atom. The third-order valence-electron chi connectivity index (χ3n) is 4.99. The Bertz CT molecular complexity index is 1250. The van der Waals surface area contributed by atoms with Crippen LogP contribution in [0.15, 0.2) is 35.1 Å². The van der Waals surface area contributed by atoms with E-state index >= 15 is 0 Å². The number of methoxy groups -OCH3 is 1. The molecule has 30 heavy (non-hydrogen) atoms. The van der Waals surface area contributed by atoms with Crippen molar-refractivity contribution in [1.82, 2.24) is 14.9 Å². The summed E-state index contributed by atoms with van der Waals surface area (Å²) >= 11 is 3.49. The van der Waals surface area contributed by atoms with E-state index < -0.39 is 12.9 Å². The van der Waals surface area contributed by atoms with Crippen LogP contribution in [-0.2, 0) is 11.8 Å². The third kappa shape index (κ3) is 3.72. The van der Waals surface area contributed by atoms with Gasteiger partial charge >= 0.3 is 0 Å². The van der Waals surface area contributed by atoms with Gasteiger partial charge in [0.05, 0.1) is 39.4 Å². The lowest BCUT2D eigenvalue weighted by Gasteiger charge is -2.14. The number of pyridine rings is 1. The number of rotatable bonds is 6. The molecule has 3 N–H and O–H groups in total. The van der Waals surface area contributed by atoms with Crippen LogP contribution >= 0.6 is 15.9 Å². The summed E-state index contributed by atoms with van der Waals surface area (Å²) in [5.74, 6) is -0.127. The van der Waals surface area contributed by atoms with E-state index in [1.54, 1.807) is 7.11 Å². The molecule has 1 fully saturated rings. The number of carbonyl (C=O) groups is 2. The zero-order chi connectivity index (χ0) is 23.9. The molecule has 156 valence electrons. The SMILES string of the molecule is [2H]C([2H])([2H])NC(=O)c1cnc(NC(=O)C2CC2)cc1Nc1cn(C)c2ccc(Br)c(OC)c12. The van der Waals surface area contributed by atoms with Crippen molar-refractivity contribution in [3.63, 3.8) is 0 Å². The molecular weight excluding hydrogens is 450 g/mol. The molecule has 1 aliphatic rings. The molecule has 0 bridgehead atoms. The summed E-state index contributed by atoms with van der Waals surface area (Å²) in [6, 6.07) is 5.30. The van der Waals surface area contributed by atoms with Crippen LogP contribution in [0.2, 0.25) is 0 Å². The largest absolute Gasteiger partial charge is 0.495 e. The van der Waals surface area contributed by atoms with Crippen LogP contribution in [0.4, 0.5) is 17.2 Å². The number of hydrogen-bond acceptors (Lipinski definition) is 5. The van der Waals surface area contributed by atoms with Gasteiger partial charge in [0, 0.05) is 42.5 Å². The first-order valence-corrected chi connectivity index (χ1v) is 10.1. The van der Waals surface area contributed by atoms with Gasteiger partial charge in [0.1, 0.15) is 11.6 Å². The zero-order valence-corrected chi connectivity index (χ0v) is 18.0. The second-order valence-electron chi connectivity index (χ2n) is 7.09. The number of hydrogen-bond donors (Lipinski definition) is 3. The zero-order valence-electron chi connectivity index (χ0n) is 19.4. The number of anilines is 3. The summed E-state index contributed by atoms with van der Waals surface area (Å²) in [6.07, 6.45) is 4.74. The van der Waals surface area contributed by atoms with Gasteiger partial charge in [-0.2, -0.15) is 0 Å². The molecule has 1 saturated carbocycles. The van der Waals surface area contributed by atoms with E-state index in [1.165, 1.54) is 12.3 Å². The lowest BCUT2D eigenvalue weighted by atomic mass is 10.1. The number of benzene rings is 1. The molecule has 2 amide bonds. The molecule has 0 radical (unpaired) electrons. The molecule has 1 aliphatic carbocycles. The van der Waals surface area contributed by atoms with Crippen LogP contribution in [0.1, 0.15) is 27.3 Å². The van der Waals surface area contributed by atoms with Gasteiger partial charge in [0.25, 0.3) is 5.91 Å². The van der Waals surface area contributed by atoms with E-state index in [-0.39, 0.29) is 28.9 Å². The van der Waals surface area contributed by atoms with Crippen LogP contribution in [0, 0.1) is 5.92 Å². The molecule has 0 unspecified atom stereocenters. The summed E-state index contributed by atoms with van der Waals surface area (Å²) in [4.78, 5) is 29.0. The van der Waals surface area contributed by atoms with E-state index in [9.17, 15) is 9.59 Å². The monoisotopic (exact) mass is 474 g/mol. The highest BCUT2D eigenvalue weighted by molar-refractivity contribution is 9.10. The van der Waals surface area contributed by atoms with Crippen molar-refractivity contribution in [2.75, 3.05) is 24.7 Å². The topological polar surface area (TPSA) is 97.3 Å². The summed E-state index contributed by atoms with van der Waals surface area (Å²) in [5.41, 5.74) is 1.80. The molecular formula is C21H22BrN5O3. The van der Waals surface area contributed by atoms with Gasteiger partial charge in [-0.25, -0.2) is 4.98 Å². The van der Waals surface area contributed by atoms with Gasteiger partial charge in [-0.05, 0) is 40.9 Å². The first-order valence-electron chi connectivity index (χ1n) is 10.8. The van der Waals surface area contributed by atoms with E-state index in [0.717, 1.165) is 28.2 Å². The molecule has 0 atom stereocenters.